The van der Waals surface area contributed by atoms with E-state index in [9.17, 15) is 0 Å². The van der Waals surface area contributed by atoms with Crippen LogP contribution in [-0.4, -0.2) is 31.3 Å². The van der Waals surface area contributed by atoms with E-state index in [-0.39, 0.29) is 0 Å². The van der Waals surface area contributed by atoms with E-state index in [2.05, 4.69) is 21.0 Å². The number of para-hydroxylation sites is 2. The molecule has 1 aromatic heterocycles. The maximum absolute atomic E-state index is 6.43. The molecule has 6 heteroatoms. The summed E-state index contributed by atoms with van der Waals surface area (Å²) in [5, 5.41) is 6.70. The number of hydrogen-bond donors (Lipinski definition) is 0. The number of aromatic nitrogens is 1. The fraction of sp³-hybridized carbons (Fsp3) is 0.350. The van der Waals surface area contributed by atoms with Gasteiger partial charge in [-0.15, -0.1) is 0 Å². The Morgan fingerprint density at radius 2 is 1.50 bits per heavy atom. The first kappa shape index (κ1) is 17.5. The van der Waals surface area contributed by atoms with Crippen LogP contribution in [0.25, 0.3) is 11.0 Å². The molecule has 0 amide bonds. The van der Waals surface area contributed by atoms with Crippen LogP contribution >= 0.6 is 23.2 Å². The number of benzene rings is 2. The van der Waals surface area contributed by atoms with Crippen LogP contribution in [0.4, 0.5) is 11.5 Å². The molecule has 1 fully saturated rings. The lowest BCUT2D eigenvalue weighted by molar-refractivity contribution is 0.454. The lowest BCUT2D eigenvalue weighted by Gasteiger charge is -2.28. The van der Waals surface area contributed by atoms with Gasteiger partial charge < -0.3 is 14.3 Å². The average molecular weight is 390 g/mol. The van der Waals surface area contributed by atoms with Crippen molar-refractivity contribution < 1.29 is 4.52 Å². The minimum Gasteiger partial charge on any atom is -0.369 e. The van der Waals surface area contributed by atoms with Gasteiger partial charge >= 0.3 is 0 Å². The Kier molecular flexibility index (Phi) is 5.23. The highest BCUT2D eigenvalue weighted by Crippen LogP contribution is 2.32. The summed E-state index contributed by atoms with van der Waals surface area (Å²) in [5.74, 6) is 0.878. The smallest absolute Gasteiger partial charge is 0.187 e. The summed E-state index contributed by atoms with van der Waals surface area (Å²) in [6, 6.07) is 13.8. The molecule has 0 saturated carbocycles. The van der Waals surface area contributed by atoms with E-state index in [1.807, 2.05) is 36.4 Å². The monoisotopic (exact) mass is 389 g/mol. The largest absolute Gasteiger partial charge is 0.369 e. The number of nitrogens with zero attached hydrogens (tertiary/aromatic N) is 3. The van der Waals surface area contributed by atoms with Crippen LogP contribution in [0.3, 0.4) is 0 Å². The molecule has 3 aromatic rings. The summed E-state index contributed by atoms with van der Waals surface area (Å²) < 4.78 is 5.51. The molecule has 0 radical (unpaired) electrons. The standard InChI is InChI=1S/C20H21Cl2N3O/c21-16-8-2-3-10-18(16)24-11-4-1-5-12-25(14-13-24)20-15-7-6-9-17(22)19(15)26-23-20/h2-3,6-10H,1,4-5,11-14H2. The first-order valence-electron chi connectivity index (χ1n) is 9.02. The maximum atomic E-state index is 6.43. The summed E-state index contributed by atoms with van der Waals surface area (Å²) in [7, 11) is 0. The van der Waals surface area contributed by atoms with Crippen molar-refractivity contribution in [3.8, 4) is 0 Å². The van der Waals surface area contributed by atoms with Crippen molar-refractivity contribution in [3.05, 3.63) is 52.5 Å². The van der Waals surface area contributed by atoms with Crippen LogP contribution in [0.2, 0.25) is 10.0 Å². The van der Waals surface area contributed by atoms with Gasteiger partial charge in [0, 0.05) is 26.2 Å². The number of halogens is 2. The zero-order valence-corrected chi connectivity index (χ0v) is 16.0. The summed E-state index contributed by atoms with van der Waals surface area (Å²) >= 11 is 12.7. The van der Waals surface area contributed by atoms with E-state index in [0.29, 0.717) is 10.6 Å². The summed E-state index contributed by atoms with van der Waals surface area (Å²) in [6.45, 7) is 3.73. The molecule has 0 unspecified atom stereocenters. The molecule has 4 nitrogen and oxygen atoms in total. The highest BCUT2D eigenvalue weighted by atomic mass is 35.5. The average Bonchev–Trinajstić information content (AvgIpc) is 3.11. The van der Waals surface area contributed by atoms with Crippen LogP contribution in [-0.2, 0) is 0 Å². The predicted molar refractivity (Wildman–Crippen MR) is 109 cm³/mol. The highest BCUT2D eigenvalue weighted by Gasteiger charge is 2.20. The Labute approximate surface area is 163 Å². The molecule has 0 N–H and O–H groups in total. The third-order valence-corrected chi connectivity index (χ3v) is 5.54. The summed E-state index contributed by atoms with van der Waals surface area (Å²) in [6.07, 6.45) is 3.46. The molecule has 0 spiro atoms. The molecule has 1 saturated heterocycles. The van der Waals surface area contributed by atoms with Crippen molar-refractivity contribution >= 4 is 45.7 Å². The van der Waals surface area contributed by atoms with E-state index in [1.165, 1.54) is 6.42 Å². The van der Waals surface area contributed by atoms with Crippen molar-refractivity contribution in [1.82, 2.24) is 5.16 Å². The Bertz CT molecular complexity index is 896. The van der Waals surface area contributed by atoms with E-state index in [0.717, 1.165) is 60.9 Å². The fourth-order valence-corrected chi connectivity index (χ4v) is 4.02. The van der Waals surface area contributed by atoms with Crippen molar-refractivity contribution in [3.63, 3.8) is 0 Å². The molecule has 1 aliphatic rings. The molecule has 26 heavy (non-hydrogen) atoms. The van der Waals surface area contributed by atoms with Gasteiger partial charge in [-0.1, -0.05) is 46.6 Å². The Morgan fingerprint density at radius 1 is 0.769 bits per heavy atom. The van der Waals surface area contributed by atoms with Crippen molar-refractivity contribution in [2.24, 2.45) is 0 Å². The van der Waals surface area contributed by atoms with E-state index < -0.39 is 0 Å². The molecular weight excluding hydrogens is 369 g/mol. The van der Waals surface area contributed by atoms with Crippen molar-refractivity contribution in [2.75, 3.05) is 36.0 Å². The molecule has 4 rings (SSSR count). The molecule has 0 atom stereocenters. The van der Waals surface area contributed by atoms with E-state index >= 15 is 0 Å². The van der Waals surface area contributed by atoms with E-state index in [1.54, 1.807) is 0 Å². The Morgan fingerprint density at radius 3 is 2.35 bits per heavy atom. The van der Waals surface area contributed by atoms with Gasteiger partial charge in [0.1, 0.15) is 0 Å². The van der Waals surface area contributed by atoms with Gasteiger partial charge in [0.25, 0.3) is 0 Å². The van der Waals surface area contributed by atoms with Crippen LogP contribution in [0.1, 0.15) is 19.3 Å². The number of rotatable bonds is 2. The van der Waals surface area contributed by atoms with Crippen LogP contribution < -0.4 is 9.80 Å². The van der Waals surface area contributed by atoms with Crippen molar-refractivity contribution in [2.45, 2.75) is 19.3 Å². The van der Waals surface area contributed by atoms with Gasteiger partial charge in [0.2, 0.25) is 0 Å². The van der Waals surface area contributed by atoms with Gasteiger partial charge in [0.15, 0.2) is 11.4 Å². The quantitative estimate of drug-likeness (QED) is 0.568. The van der Waals surface area contributed by atoms with Gasteiger partial charge in [0.05, 0.1) is 21.1 Å². The third-order valence-electron chi connectivity index (χ3n) is 4.92. The molecule has 2 heterocycles. The van der Waals surface area contributed by atoms with E-state index in [4.69, 9.17) is 27.7 Å². The van der Waals surface area contributed by atoms with Gasteiger partial charge in [-0.25, -0.2) is 0 Å². The third kappa shape index (κ3) is 3.49. The normalized spacial score (nSPS) is 16.4. The van der Waals surface area contributed by atoms with Crippen LogP contribution in [0, 0.1) is 0 Å². The minimum absolute atomic E-state index is 0.600. The maximum Gasteiger partial charge on any atom is 0.187 e. The van der Waals surface area contributed by atoms with Gasteiger partial charge in [-0.2, -0.15) is 0 Å². The van der Waals surface area contributed by atoms with Gasteiger partial charge in [-0.05, 0) is 43.5 Å². The SMILES string of the molecule is Clc1ccccc1N1CCCCCN(c2noc3c(Cl)cccc23)CC1. The Balaban J connectivity index is 1.61. The summed E-state index contributed by atoms with van der Waals surface area (Å²) in [5.41, 5.74) is 1.76. The molecular formula is C20H21Cl2N3O. The second kappa shape index (κ2) is 7.77. The molecule has 1 aliphatic heterocycles. The highest BCUT2D eigenvalue weighted by molar-refractivity contribution is 6.35. The topological polar surface area (TPSA) is 32.5 Å². The first-order chi connectivity index (χ1) is 12.7. The second-order valence-corrected chi connectivity index (χ2v) is 7.42. The van der Waals surface area contributed by atoms with Crippen LogP contribution in [0.5, 0.6) is 0 Å². The van der Waals surface area contributed by atoms with Gasteiger partial charge in [-0.3, -0.25) is 0 Å². The molecule has 0 bridgehead atoms. The zero-order valence-electron chi connectivity index (χ0n) is 14.5. The predicted octanol–water partition coefficient (Wildman–Crippen LogP) is 5.63. The zero-order chi connectivity index (χ0) is 17.9. The number of fused-ring (bicyclic) bond motifs is 1. The number of anilines is 2. The molecule has 2 aromatic carbocycles. The molecule has 0 aliphatic carbocycles. The second-order valence-electron chi connectivity index (χ2n) is 6.61. The summed E-state index contributed by atoms with van der Waals surface area (Å²) in [4.78, 5) is 4.67. The number of hydrogen-bond acceptors (Lipinski definition) is 4. The molecule has 136 valence electrons. The first-order valence-corrected chi connectivity index (χ1v) is 9.78. The minimum atomic E-state index is 0.600. The van der Waals surface area contributed by atoms with Crippen molar-refractivity contribution in [1.29, 1.82) is 0 Å². The lowest BCUT2D eigenvalue weighted by Crippen LogP contribution is -2.35. The fourth-order valence-electron chi connectivity index (χ4n) is 3.55. The Hall–Kier alpha value is -1.91. The van der Waals surface area contributed by atoms with Crippen LogP contribution in [0.15, 0.2) is 47.0 Å². The lowest BCUT2D eigenvalue weighted by atomic mass is 10.2.